The molecule has 1 N–H and O–H groups in total. The van der Waals surface area contributed by atoms with Gasteiger partial charge in [0.05, 0.1) is 5.34 Å². The Kier molecular flexibility index (Phi) is 9.15. The first-order valence-electron chi connectivity index (χ1n) is 7.30. The van der Waals surface area contributed by atoms with Crippen molar-refractivity contribution in [2.75, 3.05) is 11.9 Å². The number of rotatable bonds is 0. The number of alkyl halides is 7. The lowest BCUT2D eigenvalue weighted by Gasteiger charge is -2.30. The second-order valence-electron chi connectivity index (χ2n) is 6.58. The van der Waals surface area contributed by atoms with E-state index in [0.29, 0.717) is 6.54 Å². The smallest absolute Gasteiger partial charge is 0.475 e. The van der Waals surface area contributed by atoms with Gasteiger partial charge in [0, 0.05) is 24.4 Å². The molecule has 3 atom stereocenters. The van der Waals surface area contributed by atoms with Gasteiger partial charge < -0.3 is 14.7 Å². The molecule has 1 amide bonds. The molecule has 0 aromatic carbocycles. The van der Waals surface area contributed by atoms with Crippen molar-refractivity contribution in [3.05, 3.63) is 0 Å². The van der Waals surface area contributed by atoms with Gasteiger partial charge in [-0.3, -0.25) is 0 Å². The molecule has 0 radical (unpaired) electrons. The molecule has 26 heavy (non-hydrogen) atoms. The summed E-state index contributed by atoms with van der Waals surface area (Å²) in [5.41, 5.74) is -0.456. The van der Waals surface area contributed by atoms with Crippen molar-refractivity contribution >= 4 is 58.5 Å². The minimum absolute atomic E-state index is 0.0647. The van der Waals surface area contributed by atoms with Gasteiger partial charge in [-0.15, -0.1) is 46.4 Å². The standard InChI is InChI=1S/C11H17Cl2NO2.C2HF3O2.CH2Cl2/c1-6-8-7(11(8,12)13)5-14(6)9(15)16-10(2,3)4;3-2(4,5)1(6)7;2-1-3/h6-8H,5H2,1-4H3;(H,6,7);1H2/t6-,7+,8-;;/m1../s1. The number of aliphatic carboxylic acids is 1. The number of nitrogens with zero attached hydrogens (tertiary/aromatic N) is 1. The Morgan fingerprint density at radius 3 is 1.85 bits per heavy atom. The largest absolute Gasteiger partial charge is 0.490 e. The second kappa shape index (κ2) is 9.26. The number of piperidine rings is 1. The number of amides is 1. The quantitative estimate of drug-likeness (QED) is 0.506. The van der Waals surface area contributed by atoms with Gasteiger partial charge in [0.25, 0.3) is 0 Å². The minimum Gasteiger partial charge on any atom is -0.475 e. The molecule has 2 aliphatic rings. The molecule has 0 unspecified atom stereocenters. The normalized spacial score (nSPS) is 25.8. The Labute approximate surface area is 169 Å². The Morgan fingerprint density at radius 1 is 1.23 bits per heavy atom. The fourth-order valence-corrected chi connectivity index (χ4v) is 3.40. The molecule has 0 spiro atoms. The van der Waals surface area contributed by atoms with Crippen LogP contribution in [0.15, 0.2) is 0 Å². The molecule has 1 aliphatic heterocycles. The maximum atomic E-state index is 11.9. The van der Waals surface area contributed by atoms with Crippen molar-refractivity contribution in [3.8, 4) is 0 Å². The molecule has 2 fully saturated rings. The van der Waals surface area contributed by atoms with Crippen LogP contribution in [0.3, 0.4) is 0 Å². The van der Waals surface area contributed by atoms with Crippen LogP contribution in [0.5, 0.6) is 0 Å². The van der Waals surface area contributed by atoms with Crippen molar-refractivity contribution in [2.24, 2.45) is 11.8 Å². The monoisotopic (exact) mass is 463 g/mol. The number of carbonyl (C=O) groups excluding carboxylic acids is 1. The number of likely N-dealkylation sites (tertiary alicyclic amines) is 1. The molecule has 5 nitrogen and oxygen atoms in total. The predicted octanol–water partition coefficient (Wildman–Crippen LogP) is 5.10. The van der Waals surface area contributed by atoms with E-state index < -0.39 is 22.1 Å². The summed E-state index contributed by atoms with van der Waals surface area (Å²) in [4.78, 5) is 22.5. The topological polar surface area (TPSA) is 66.8 Å². The molecule has 0 bridgehead atoms. The van der Waals surface area contributed by atoms with Gasteiger partial charge in [-0.05, 0) is 27.7 Å². The Morgan fingerprint density at radius 2 is 1.62 bits per heavy atom. The highest BCUT2D eigenvalue weighted by atomic mass is 35.5. The molecule has 2 rings (SSSR count). The van der Waals surface area contributed by atoms with E-state index in [2.05, 4.69) is 0 Å². The van der Waals surface area contributed by atoms with Crippen molar-refractivity contribution in [1.82, 2.24) is 4.90 Å². The highest BCUT2D eigenvalue weighted by molar-refractivity contribution is 6.51. The fraction of sp³-hybridized carbons (Fsp3) is 0.857. The van der Waals surface area contributed by atoms with Gasteiger partial charge in [-0.2, -0.15) is 13.2 Å². The number of ether oxygens (including phenoxy) is 1. The zero-order chi connectivity index (χ0) is 21.1. The molecular weight excluding hydrogens is 445 g/mol. The highest BCUT2D eigenvalue weighted by Crippen LogP contribution is 2.65. The summed E-state index contributed by atoms with van der Waals surface area (Å²) < 4.78 is 36.4. The SMILES string of the molecule is C[C@@H]1[C@@H]2[C@H](CN1C(=O)OC(C)(C)C)C2(Cl)Cl.ClCCl.O=C(O)C(F)(F)F. The van der Waals surface area contributed by atoms with Crippen LogP contribution >= 0.6 is 46.4 Å². The van der Waals surface area contributed by atoms with Crippen LogP contribution in [-0.2, 0) is 9.53 Å². The summed E-state index contributed by atoms with van der Waals surface area (Å²) in [6, 6.07) is 0.0647. The number of hydrogen-bond acceptors (Lipinski definition) is 3. The maximum absolute atomic E-state index is 11.9. The number of carboxylic acid groups (broad SMARTS) is 1. The van der Waals surface area contributed by atoms with E-state index in [-0.39, 0.29) is 29.3 Å². The molecule has 12 heteroatoms. The molecule has 154 valence electrons. The molecular formula is C14H20Cl4F3NO4. The van der Waals surface area contributed by atoms with Gasteiger partial charge in [-0.1, -0.05) is 0 Å². The van der Waals surface area contributed by atoms with Crippen LogP contribution in [0.1, 0.15) is 27.7 Å². The zero-order valence-corrected chi connectivity index (χ0v) is 17.4. The molecule has 0 aromatic rings. The van der Waals surface area contributed by atoms with Crippen molar-refractivity contribution in [2.45, 2.75) is 49.8 Å². The Hall–Kier alpha value is -0.310. The van der Waals surface area contributed by atoms with Gasteiger partial charge in [0.1, 0.15) is 9.93 Å². The molecule has 1 aliphatic carbocycles. The summed E-state index contributed by atoms with van der Waals surface area (Å²) in [6.45, 7) is 8.16. The average molecular weight is 465 g/mol. The van der Waals surface area contributed by atoms with Gasteiger partial charge in [0.15, 0.2) is 0 Å². The predicted molar refractivity (Wildman–Crippen MR) is 94.1 cm³/mol. The lowest BCUT2D eigenvalue weighted by Crippen LogP contribution is -2.42. The number of carboxylic acids is 1. The highest BCUT2D eigenvalue weighted by Gasteiger charge is 2.71. The molecule has 1 saturated carbocycles. The summed E-state index contributed by atoms with van der Waals surface area (Å²) in [6.07, 6.45) is -5.35. The number of fused-ring (bicyclic) bond motifs is 1. The average Bonchev–Trinajstić information content (AvgIpc) is 2.74. The molecule has 1 saturated heterocycles. The number of halogens is 7. The van der Waals surface area contributed by atoms with Gasteiger partial charge in [-0.25, -0.2) is 9.59 Å². The van der Waals surface area contributed by atoms with Crippen LogP contribution in [0.4, 0.5) is 18.0 Å². The first-order valence-corrected chi connectivity index (χ1v) is 9.12. The van der Waals surface area contributed by atoms with E-state index in [9.17, 15) is 18.0 Å². The van der Waals surface area contributed by atoms with Crippen molar-refractivity contribution in [3.63, 3.8) is 0 Å². The lowest BCUT2D eigenvalue weighted by atomic mass is 10.2. The second-order valence-corrected chi connectivity index (χ2v) is 8.84. The van der Waals surface area contributed by atoms with Crippen LogP contribution in [0.25, 0.3) is 0 Å². The van der Waals surface area contributed by atoms with Crippen LogP contribution < -0.4 is 0 Å². The molecule has 1 heterocycles. The lowest BCUT2D eigenvalue weighted by molar-refractivity contribution is -0.192. The van der Waals surface area contributed by atoms with Crippen molar-refractivity contribution < 1.29 is 32.6 Å². The van der Waals surface area contributed by atoms with E-state index in [0.717, 1.165) is 0 Å². The third kappa shape index (κ3) is 7.37. The van der Waals surface area contributed by atoms with E-state index in [1.54, 1.807) is 4.90 Å². The molecule has 0 aromatic heterocycles. The number of carbonyl (C=O) groups is 2. The maximum Gasteiger partial charge on any atom is 0.490 e. The van der Waals surface area contributed by atoms with E-state index in [1.165, 1.54) is 0 Å². The van der Waals surface area contributed by atoms with Gasteiger partial charge >= 0.3 is 18.2 Å². The van der Waals surface area contributed by atoms with E-state index in [4.69, 9.17) is 61.0 Å². The van der Waals surface area contributed by atoms with E-state index in [1.807, 2.05) is 27.7 Å². The minimum atomic E-state index is -5.08. The fourth-order valence-electron chi connectivity index (χ4n) is 2.44. The third-order valence-corrected chi connectivity index (χ3v) is 4.60. The summed E-state index contributed by atoms with van der Waals surface area (Å²) in [5.74, 6) is -2.35. The van der Waals surface area contributed by atoms with Gasteiger partial charge in [0.2, 0.25) is 0 Å². The Bertz CT molecular complexity index is 511. The third-order valence-electron chi connectivity index (χ3n) is 3.54. The number of hydrogen-bond donors (Lipinski definition) is 1. The summed E-state index contributed by atoms with van der Waals surface area (Å²) in [5, 5.41) is 7.32. The first kappa shape index (κ1) is 25.7. The summed E-state index contributed by atoms with van der Waals surface area (Å²) in [7, 11) is 0. The summed E-state index contributed by atoms with van der Waals surface area (Å²) >= 11 is 21.7. The van der Waals surface area contributed by atoms with Crippen molar-refractivity contribution in [1.29, 1.82) is 0 Å². The van der Waals surface area contributed by atoms with E-state index >= 15 is 0 Å². The zero-order valence-electron chi connectivity index (χ0n) is 14.4. The van der Waals surface area contributed by atoms with Crippen LogP contribution in [-0.4, -0.2) is 56.1 Å². The first-order chi connectivity index (χ1) is 11.5. The van der Waals surface area contributed by atoms with Crippen LogP contribution in [0, 0.1) is 11.8 Å². The van der Waals surface area contributed by atoms with Crippen LogP contribution in [0.2, 0.25) is 0 Å². The Balaban J connectivity index is 0.000000526.